The molecule has 0 saturated heterocycles. The Morgan fingerprint density at radius 2 is 1.88 bits per heavy atom. The Hall–Kier alpha value is -3.02. The van der Waals surface area contributed by atoms with Crippen molar-refractivity contribution in [3.05, 3.63) is 54.6 Å². The second-order valence-electron chi connectivity index (χ2n) is 5.25. The maximum Gasteiger partial charge on any atom is 0.265 e. The van der Waals surface area contributed by atoms with Crippen molar-refractivity contribution in [1.29, 1.82) is 0 Å². The molecule has 0 unspecified atom stereocenters. The molecule has 2 aromatic rings. The van der Waals surface area contributed by atoms with E-state index in [-0.39, 0.29) is 25.0 Å². The van der Waals surface area contributed by atoms with Crippen LogP contribution in [0, 0.1) is 0 Å². The van der Waals surface area contributed by atoms with Gasteiger partial charge in [-0.3, -0.25) is 9.59 Å². The minimum Gasteiger partial charge on any atom is -0.484 e. The number of anilines is 1. The van der Waals surface area contributed by atoms with Crippen molar-refractivity contribution in [1.82, 2.24) is 5.32 Å². The zero-order chi connectivity index (χ0) is 16.8. The third-order valence-electron chi connectivity index (χ3n) is 3.58. The molecule has 0 bridgehead atoms. The predicted octanol–water partition coefficient (Wildman–Crippen LogP) is 1.61. The van der Waals surface area contributed by atoms with Crippen LogP contribution < -0.4 is 19.7 Å². The number of fused-ring (bicyclic) bond motifs is 1. The van der Waals surface area contributed by atoms with Gasteiger partial charge in [-0.25, -0.2) is 0 Å². The monoisotopic (exact) mass is 326 g/mol. The molecule has 0 spiro atoms. The Labute approximate surface area is 140 Å². The highest BCUT2D eigenvalue weighted by molar-refractivity contribution is 5.97. The summed E-state index contributed by atoms with van der Waals surface area (Å²) in [7, 11) is 0. The van der Waals surface area contributed by atoms with Gasteiger partial charge in [-0.15, -0.1) is 0 Å². The van der Waals surface area contributed by atoms with Crippen molar-refractivity contribution in [2.75, 3.05) is 31.2 Å². The summed E-state index contributed by atoms with van der Waals surface area (Å²) in [6.45, 7) is 0.688. The van der Waals surface area contributed by atoms with Crippen molar-refractivity contribution < 1.29 is 19.1 Å². The van der Waals surface area contributed by atoms with E-state index >= 15 is 0 Å². The fourth-order valence-corrected chi connectivity index (χ4v) is 2.42. The Morgan fingerprint density at radius 3 is 2.71 bits per heavy atom. The number of benzene rings is 2. The predicted molar refractivity (Wildman–Crippen MR) is 89.2 cm³/mol. The van der Waals surface area contributed by atoms with Crippen LogP contribution in [0.3, 0.4) is 0 Å². The number of nitrogens with zero attached hydrogens (tertiary/aromatic N) is 1. The molecule has 1 aliphatic rings. The number of amides is 2. The summed E-state index contributed by atoms with van der Waals surface area (Å²) >= 11 is 0. The molecule has 1 heterocycles. The summed E-state index contributed by atoms with van der Waals surface area (Å²) in [5.74, 6) is 0.970. The lowest BCUT2D eigenvalue weighted by Crippen LogP contribution is -2.44. The van der Waals surface area contributed by atoms with Gasteiger partial charge in [0, 0.05) is 13.1 Å². The van der Waals surface area contributed by atoms with Gasteiger partial charge in [-0.05, 0) is 24.3 Å². The first-order chi connectivity index (χ1) is 11.7. The number of hydrogen-bond donors (Lipinski definition) is 1. The van der Waals surface area contributed by atoms with Crippen molar-refractivity contribution >= 4 is 17.5 Å². The molecule has 0 aromatic heterocycles. The highest BCUT2D eigenvalue weighted by Crippen LogP contribution is 2.30. The van der Waals surface area contributed by atoms with Crippen molar-refractivity contribution in [2.45, 2.75) is 0 Å². The first kappa shape index (κ1) is 15.9. The smallest absolute Gasteiger partial charge is 0.265 e. The minimum absolute atomic E-state index is 0.0160. The van der Waals surface area contributed by atoms with Crippen molar-refractivity contribution in [3.63, 3.8) is 0 Å². The topological polar surface area (TPSA) is 67.9 Å². The van der Waals surface area contributed by atoms with Crippen LogP contribution in [0.4, 0.5) is 5.69 Å². The van der Waals surface area contributed by atoms with Gasteiger partial charge >= 0.3 is 0 Å². The molecule has 6 nitrogen and oxygen atoms in total. The average molecular weight is 326 g/mol. The Morgan fingerprint density at radius 1 is 1.12 bits per heavy atom. The van der Waals surface area contributed by atoms with Gasteiger partial charge < -0.3 is 19.7 Å². The summed E-state index contributed by atoms with van der Waals surface area (Å²) in [5.41, 5.74) is 0.725. The fourth-order valence-electron chi connectivity index (χ4n) is 2.42. The van der Waals surface area contributed by atoms with Gasteiger partial charge in [0.15, 0.2) is 13.2 Å². The quantitative estimate of drug-likeness (QED) is 0.876. The van der Waals surface area contributed by atoms with Gasteiger partial charge in [0.2, 0.25) is 0 Å². The van der Waals surface area contributed by atoms with Crippen LogP contribution in [0.15, 0.2) is 54.6 Å². The highest BCUT2D eigenvalue weighted by atomic mass is 16.5. The number of hydrogen-bond acceptors (Lipinski definition) is 4. The summed E-state index contributed by atoms with van der Waals surface area (Å²) in [6.07, 6.45) is 0. The molecule has 6 heteroatoms. The van der Waals surface area contributed by atoms with Crippen molar-refractivity contribution in [3.8, 4) is 11.5 Å². The van der Waals surface area contributed by atoms with Gasteiger partial charge in [-0.2, -0.15) is 0 Å². The molecule has 0 fully saturated rings. The number of rotatable bonds is 6. The summed E-state index contributed by atoms with van der Waals surface area (Å²) in [4.78, 5) is 25.5. The summed E-state index contributed by atoms with van der Waals surface area (Å²) < 4.78 is 10.8. The lowest BCUT2D eigenvalue weighted by Gasteiger charge is -2.29. The normalized spacial score (nSPS) is 13.0. The SMILES string of the molecule is O=C(COc1ccccc1)NCCN1C(=O)COc2ccccc21. The van der Waals surface area contributed by atoms with Gasteiger partial charge in [0.05, 0.1) is 5.69 Å². The lowest BCUT2D eigenvalue weighted by molar-refractivity contribution is -0.124. The molecule has 2 aromatic carbocycles. The number of carbonyl (C=O) groups excluding carboxylic acids is 2. The van der Waals surface area contributed by atoms with E-state index in [1.807, 2.05) is 42.5 Å². The van der Waals surface area contributed by atoms with E-state index < -0.39 is 0 Å². The number of para-hydroxylation sites is 3. The molecule has 0 atom stereocenters. The molecule has 0 aliphatic carbocycles. The molecule has 1 aliphatic heterocycles. The molecular formula is C18H18N2O4. The Bertz CT molecular complexity index is 718. The van der Waals surface area contributed by atoms with Crippen molar-refractivity contribution in [2.24, 2.45) is 0 Å². The average Bonchev–Trinajstić information content (AvgIpc) is 2.63. The molecule has 24 heavy (non-hydrogen) atoms. The van der Waals surface area contributed by atoms with Gasteiger partial charge in [0.1, 0.15) is 11.5 Å². The molecule has 0 radical (unpaired) electrons. The van der Waals surface area contributed by atoms with Crippen LogP contribution in [0.25, 0.3) is 0 Å². The molecule has 1 N–H and O–H groups in total. The van der Waals surface area contributed by atoms with E-state index in [9.17, 15) is 9.59 Å². The third kappa shape index (κ3) is 3.84. The molecule has 2 amide bonds. The second-order valence-corrected chi connectivity index (χ2v) is 5.25. The molecular weight excluding hydrogens is 308 g/mol. The van der Waals surface area contributed by atoms with E-state index in [1.54, 1.807) is 17.0 Å². The van der Waals surface area contributed by atoms with E-state index in [1.165, 1.54) is 0 Å². The first-order valence-corrected chi connectivity index (χ1v) is 7.71. The van der Waals surface area contributed by atoms with E-state index in [0.29, 0.717) is 24.6 Å². The minimum atomic E-state index is -0.229. The molecule has 124 valence electrons. The van der Waals surface area contributed by atoms with E-state index in [0.717, 1.165) is 5.69 Å². The number of ether oxygens (including phenoxy) is 2. The van der Waals surface area contributed by atoms with E-state index in [4.69, 9.17) is 9.47 Å². The lowest BCUT2D eigenvalue weighted by atomic mass is 10.2. The maximum atomic E-state index is 12.0. The van der Waals surface area contributed by atoms with Gasteiger partial charge in [-0.1, -0.05) is 30.3 Å². The largest absolute Gasteiger partial charge is 0.484 e. The third-order valence-corrected chi connectivity index (χ3v) is 3.58. The van der Waals surface area contributed by atoms with Crippen LogP contribution >= 0.6 is 0 Å². The van der Waals surface area contributed by atoms with Crippen LogP contribution in [0.2, 0.25) is 0 Å². The molecule has 3 rings (SSSR count). The van der Waals surface area contributed by atoms with Crippen LogP contribution in [0.5, 0.6) is 11.5 Å². The summed E-state index contributed by atoms with van der Waals surface area (Å²) in [6, 6.07) is 16.5. The number of carbonyl (C=O) groups is 2. The van der Waals surface area contributed by atoms with E-state index in [2.05, 4.69) is 5.32 Å². The zero-order valence-electron chi connectivity index (χ0n) is 13.1. The zero-order valence-corrected chi connectivity index (χ0v) is 13.1. The Balaban J connectivity index is 1.48. The summed E-state index contributed by atoms with van der Waals surface area (Å²) in [5, 5.41) is 2.75. The second kappa shape index (κ2) is 7.50. The standard InChI is InChI=1S/C18H18N2O4/c21-17(12-23-14-6-2-1-3-7-14)19-10-11-20-15-8-4-5-9-16(15)24-13-18(20)22/h1-9H,10-13H2,(H,19,21). The van der Waals surface area contributed by atoms with Crippen LogP contribution in [-0.2, 0) is 9.59 Å². The van der Waals surface area contributed by atoms with Crippen LogP contribution in [-0.4, -0.2) is 38.1 Å². The van der Waals surface area contributed by atoms with Gasteiger partial charge in [0.25, 0.3) is 11.8 Å². The number of nitrogens with one attached hydrogen (secondary N) is 1. The molecule has 0 saturated carbocycles. The fraction of sp³-hybridized carbons (Fsp3) is 0.222. The Kier molecular flexibility index (Phi) is 4.96. The maximum absolute atomic E-state index is 12.0. The highest BCUT2D eigenvalue weighted by Gasteiger charge is 2.24. The first-order valence-electron chi connectivity index (χ1n) is 7.71. The van der Waals surface area contributed by atoms with Crippen LogP contribution in [0.1, 0.15) is 0 Å².